The maximum atomic E-state index is 4.60. The normalized spacial score (nSPS) is 10.0. The van der Waals surface area contributed by atoms with Crippen LogP contribution in [-0.4, -0.2) is 45.5 Å². The number of nitrogens with zero attached hydrogens (tertiary/aromatic N) is 5. The molecule has 8 heteroatoms. The molecule has 0 bridgehead atoms. The summed E-state index contributed by atoms with van der Waals surface area (Å²) in [4.78, 5) is 3.84. The van der Waals surface area contributed by atoms with Gasteiger partial charge in [-0.3, -0.25) is 4.58 Å². The van der Waals surface area contributed by atoms with E-state index in [1.54, 1.807) is 6.34 Å². The van der Waals surface area contributed by atoms with Gasteiger partial charge in [-0.1, -0.05) is 5.16 Å². The summed E-state index contributed by atoms with van der Waals surface area (Å²) in [6, 6.07) is 0. The van der Waals surface area contributed by atoms with Crippen molar-refractivity contribution in [3.63, 3.8) is 0 Å². The van der Waals surface area contributed by atoms with Crippen molar-refractivity contribution in [2.45, 2.75) is 0 Å². The Labute approximate surface area is 84.6 Å². The minimum absolute atomic E-state index is 0.325. The molecule has 0 unspecified atom stereocenters. The van der Waals surface area contributed by atoms with E-state index in [0.717, 1.165) is 0 Å². The van der Waals surface area contributed by atoms with Gasteiger partial charge in [-0.15, -0.1) is 0 Å². The lowest BCUT2D eigenvalue weighted by Crippen LogP contribution is -2.08. The van der Waals surface area contributed by atoms with Crippen LogP contribution in [0.2, 0.25) is 0 Å². The molecule has 78 valence electrons. The summed E-state index contributed by atoms with van der Waals surface area (Å²) in [7, 11) is 3.74. The van der Waals surface area contributed by atoms with Crippen LogP contribution in [0, 0.1) is 0 Å². The molecule has 0 spiro atoms. The van der Waals surface area contributed by atoms with Crippen LogP contribution in [0.3, 0.4) is 0 Å². The third kappa shape index (κ3) is 1.98. The second-order valence-corrected chi connectivity index (χ2v) is 2.95. The molecule has 0 aliphatic carbocycles. The van der Waals surface area contributed by atoms with Crippen molar-refractivity contribution in [3.05, 3.63) is 6.39 Å². The molecular weight excluding hydrogens is 200 g/mol. The van der Waals surface area contributed by atoms with Gasteiger partial charge < -0.3 is 4.52 Å². The fourth-order valence-electron chi connectivity index (χ4n) is 0.895. The number of hydrogen-bond acceptors (Lipinski definition) is 6. The summed E-state index contributed by atoms with van der Waals surface area (Å²) < 4.78 is 11.0. The van der Waals surface area contributed by atoms with Gasteiger partial charge in [0.05, 0.1) is 14.1 Å². The van der Waals surface area contributed by atoms with E-state index in [-0.39, 0.29) is 0 Å². The molecule has 0 aliphatic rings. The van der Waals surface area contributed by atoms with Crippen LogP contribution in [0.25, 0.3) is 11.5 Å². The summed E-state index contributed by atoms with van der Waals surface area (Å²) in [5.74, 6) is 0.760. The summed E-state index contributed by atoms with van der Waals surface area (Å²) >= 11 is 0. The molecule has 8 nitrogen and oxygen atoms in total. The molecule has 0 radical (unpaired) electrons. The molecule has 2 aromatic heterocycles. The number of hydrogen-bond donors (Lipinski definition) is 1. The average molecular weight is 209 g/mol. The standard InChI is InChI=1S/C7H8N6O2/c1-13(2)3-8-6-5(10-15-12-6)7-9-4-14-11-7/h3-4H,1-2H3/p+1. The Morgan fingerprint density at radius 2 is 2.20 bits per heavy atom. The van der Waals surface area contributed by atoms with Gasteiger partial charge in [0.25, 0.3) is 5.82 Å². The number of nitrogens with one attached hydrogen (secondary N) is 1. The van der Waals surface area contributed by atoms with E-state index in [2.05, 4.69) is 34.9 Å². The van der Waals surface area contributed by atoms with E-state index in [0.29, 0.717) is 17.3 Å². The Morgan fingerprint density at radius 3 is 2.87 bits per heavy atom. The molecule has 0 saturated carbocycles. The Bertz CT molecular complexity index is 456. The Balaban J connectivity index is 2.27. The van der Waals surface area contributed by atoms with E-state index in [9.17, 15) is 0 Å². The van der Waals surface area contributed by atoms with Gasteiger partial charge in [0, 0.05) is 0 Å². The maximum Gasteiger partial charge on any atom is 0.290 e. The van der Waals surface area contributed by atoms with E-state index < -0.39 is 0 Å². The molecule has 0 atom stereocenters. The molecule has 0 saturated heterocycles. The van der Waals surface area contributed by atoms with Gasteiger partial charge in [0.15, 0.2) is 0 Å². The molecule has 0 aromatic carbocycles. The van der Waals surface area contributed by atoms with E-state index in [1.165, 1.54) is 6.39 Å². The third-order valence-electron chi connectivity index (χ3n) is 1.52. The van der Waals surface area contributed by atoms with Crippen molar-refractivity contribution < 1.29 is 13.7 Å². The maximum absolute atomic E-state index is 4.60. The Morgan fingerprint density at radius 1 is 1.33 bits per heavy atom. The van der Waals surface area contributed by atoms with E-state index in [1.807, 2.05) is 18.7 Å². The second kappa shape index (κ2) is 3.86. The Hall–Kier alpha value is -2.25. The van der Waals surface area contributed by atoms with Crippen molar-refractivity contribution in [2.24, 2.45) is 0 Å². The van der Waals surface area contributed by atoms with Gasteiger partial charge >= 0.3 is 0 Å². The number of anilines is 1. The number of aromatic nitrogens is 4. The van der Waals surface area contributed by atoms with Crippen LogP contribution < -0.4 is 5.32 Å². The van der Waals surface area contributed by atoms with Crippen LogP contribution >= 0.6 is 0 Å². The van der Waals surface area contributed by atoms with Gasteiger partial charge in [0.1, 0.15) is 0 Å². The van der Waals surface area contributed by atoms with Crippen molar-refractivity contribution >= 4 is 12.2 Å². The monoisotopic (exact) mass is 209 g/mol. The first kappa shape index (κ1) is 9.31. The van der Waals surface area contributed by atoms with Gasteiger partial charge in [-0.25, -0.2) is 9.95 Å². The molecule has 15 heavy (non-hydrogen) atoms. The van der Waals surface area contributed by atoms with Crippen LogP contribution in [0.4, 0.5) is 5.82 Å². The molecule has 0 aliphatic heterocycles. The molecule has 0 amide bonds. The first-order valence-corrected chi connectivity index (χ1v) is 4.13. The minimum Gasteiger partial charge on any atom is -0.342 e. The summed E-state index contributed by atoms with van der Waals surface area (Å²) in [5, 5.41) is 13.9. The largest absolute Gasteiger partial charge is 0.342 e. The van der Waals surface area contributed by atoms with Crippen LogP contribution in [0.5, 0.6) is 0 Å². The van der Waals surface area contributed by atoms with Crippen LogP contribution in [0.15, 0.2) is 15.5 Å². The van der Waals surface area contributed by atoms with Crippen LogP contribution in [-0.2, 0) is 0 Å². The lowest BCUT2D eigenvalue weighted by atomic mass is 10.4. The third-order valence-corrected chi connectivity index (χ3v) is 1.52. The summed E-state index contributed by atoms with van der Waals surface area (Å²) in [5.41, 5.74) is 0.404. The molecule has 2 rings (SSSR count). The van der Waals surface area contributed by atoms with Gasteiger partial charge in [-0.05, 0) is 10.3 Å². The zero-order valence-electron chi connectivity index (χ0n) is 8.21. The van der Waals surface area contributed by atoms with E-state index >= 15 is 0 Å². The quantitative estimate of drug-likeness (QED) is 0.426. The highest BCUT2D eigenvalue weighted by Gasteiger charge is 2.18. The van der Waals surface area contributed by atoms with Gasteiger partial charge in [-0.2, -0.15) is 4.98 Å². The zero-order valence-corrected chi connectivity index (χ0v) is 8.21. The van der Waals surface area contributed by atoms with Gasteiger partial charge in [0.2, 0.25) is 24.3 Å². The molecule has 2 aromatic rings. The minimum atomic E-state index is 0.325. The fraction of sp³-hybridized carbons (Fsp3) is 0.286. The SMILES string of the molecule is C[N+](C)=CNc1nonc1-c1ncon1. The zero-order chi connectivity index (χ0) is 10.7. The van der Waals surface area contributed by atoms with Crippen molar-refractivity contribution in [1.29, 1.82) is 0 Å². The predicted molar refractivity (Wildman–Crippen MR) is 49.4 cm³/mol. The topological polar surface area (TPSA) is 92.9 Å². The molecule has 1 N–H and O–H groups in total. The smallest absolute Gasteiger partial charge is 0.290 e. The highest BCUT2D eigenvalue weighted by Crippen LogP contribution is 2.19. The van der Waals surface area contributed by atoms with Crippen molar-refractivity contribution in [1.82, 2.24) is 20.5 Å². The molecular formula is C7H9N6O2+. The Kier molecular flexibility index (Phi) is 2.40. The van der Waals surface area contributed by atoms with Crippen molar-refractivity contribution in [3.8, 4) is 11.5 Å². The lowest BCUT2D eigenvalue weighted by molar-refractivity contribution is -0.459. The van der Waals surface area contributed by atoms with Crippen LogP contribution in [0.1, 0.15) is 0 Å². The average Bonchev–Trinajstić information content (AvgIpc) is 2.85. The molecule has 0 fully saturated rings. The van der Waals surface area contributed by atoms with E-state index in [4.69, 9.17) is 0 Å². The first-order chi connectivity index (χ1) is 7.27. The number of rotatable bonds is 3. The second-order valence-electron chi connectivity index (χ2n) is 2.95. The fourth-order valence-corrected chi connectivity index (χ4v) is 0.895. The predicted octanol–water partition coefficient (Wildman–Crippen LogP) is -0.168. The summed E-state index contributed by atoms with van der Waals surface area (Å²) in [6.07, 6.45) is 2.91. The molecule has 2 heterocycles. The summed E-state index contributed by atoms with van der Waals surface area (Å²) in [6.45, 7) is 0. The first-order valence-electron chi connectivity index (χ1n) is 4.13. The van der Waals surface area contributed by atoms with Crippen molar-refractivity contribution in [2.75, 3.05) is 19.4 Å². The lowest BCUT2D eigenvalue weighted by Gasteiger charge is -1.89. The highest BCUT2D eigenvalue weighted by molar-refractivity contribution is 5.77. The highest BCUT2D eigenvalue weighted by atomic mass is 16.6.